The van der Waals surface area contributed by atoms with E-state index in [2.05, 4.69) is 10.6 Å². The standard InChI is InChI=1S/C15H21FN2O/c1-11(17-14-9-5-6-12(16)10-14)15(19)18-13-7-3-2-4-8-13/h5-6,9-11,13,17H,2-4,7-8H2,1H3,(H,18,19). The van der Waals surface area contributed by atoms with Gasteiger partial charge in [-0.05, 0) is 38.0 Å². The summed E-state index contributed by atoms with van der Waals surface area (Å²) in [5.74, 6) is -0.318. The van der Waals surface area contributed by atoms with Crippen molar-refractivity contribution in [3.05, 3.63) is 30.1 Å². The van der Waals surface area contributed by atoms with Crippen LogP contribution in [0.25, 0.3) is 0 Å². The molecule has 1 aromatic carbocycles. The molecule has 104 valence electrons. The summed E-state index contributed by atoms with van der Waals surface area (Å²) < 4.78 is 13.1. The lowest BCUT2D eigenvalue weighted by Crippen LogP contribution is -2.44. The third-order valence-corrected chi connectivity index (χ3v) is 3.55. The largest absolute Gasteiger partial charge is 0.374 e. The predicted octanol–water partition coefficient (Wildman–Crippen LogP) is 3.08. The van der Waals surface area contributed by atoms with E-state index in [0.29, 0.717) is 11.7 Å². The SMILES string of the molecule is CC(Nc1cccc(F)c1)C(=O)NC1CCCCC1. The molecule has 19 heavy (non-hydrogen) atoms. The van der Waals surface area contributed by atoms with Crippen molar-refractivity contribution in [2.45, 2.75) is 51.1 Å². The number of carbonyl (C=O) groups is 1. The van der Waals surface area contributed by atoms with Gasteiger partial charge in [-0.2, -0.15) is 0 Å². The number of nitrogens with one attached hydrogen (secondary N) is 2. The van der Waals surface area contributed by atoms with Crippen LogP contribution in [0.4, 0.5) is 10.1 Å². The zero-order valence-electron chi connectivity index (χ0n) is 11.3. The van der Waals surface area contributed by atoms with Gasteiger partial charge in [0.2, 0.25) is 5.91 Å². The van der Waals surface area contributed by atoms with Gasteiger partial charge in [-0.1, -0.05) is 25.3 Å². The highest BCUT2D eigenvalue weighted by Crippen LogP contribution is 2.17. The smallest absolute Gasteiger partial charge is 0.242 e. The van der Waals surface area contributed by atoms with Crippen molar-refractivity contribution < 1.29 is 9.18 Å². The van der Waals surface area contributed by atoms with Crippen LogP contribution in [0.2, 0.25) is 0 Å². The van der Waals surface area contributed by atoms with Crippen LogP contribution in [0.5, 0.6) is 0 Å². The van der Waals surface area contributed by atoms with Gasteiger partial charge in [0.1, 0.15) is 11.9 Å². The summed E-state index contributed by atoms with van der Waals surface area (Å²) in [5.41, 5.74) is 0.631. The first-order chi connectivity index (χ1) is 9.15. The first-order valence-corrected chi connectivity index (χ1v) is 6.97. The summed E-state index contributed by atoms with van der Waals surface area (Å²) in [7, 11) is 0. The molecule has 3 nitrogen and oxygen atoms in total. The van der Waals surface area contributed by atoms with Gasteiger partial charge < -0.3 is 10.6 Å². The molecule has 0 aliphatic heterocycles. The molecule has 1 saturated carbocycles. The Morgan fingerprint density at radius 1 is 1.32 bits per heavy atom. The molecule has 0 radical (unpaired) electrons. The predicted molar refractivity (Wildman–Crippen MR) is 74.5 cm³/mol. The van der Waals surface area contributed by atoms with Crippen LogP contribution in [0.1, 0.15) is 39.0 Å². The first-order valence-electron chi connectivity index (χ1n) is 6.97. The fourth-order valence-corrected chi connectivity index (χ4v) is 2.47. The number of benzene rings is 1. The summed E-state index contributed by atoms with van der Waals surface area (Å²) in [4.78, 5) is 12.0. The van der Waals surface area contributed by atoms with Crippen LogP contribution in [-0.2, 0) is 4.79 Å². The zero-order valence-corrected chi connectivity index (χ0v) is 11.3. The normalized spacial score (nSPS) is 17.8. The van der Waals surface area contributed by atoms with E-state index in [1.165, 1.54) is 31.4 Å². The van der Waals surface area contributed by atoms with Crippen LogP contribution in [0, 0.1) is 5.82 Å². The maximum absolute atomic E-state index is 13.1. The van der Waals surface area contributed by atoms with Crippen LogP contribution in [0.15, 0.2) is 24.3 Å². The highest BCUT2D eigenvalue weighted by atomic mass is 19.1. The molecule has 1 amide bonds. The van der Waals surface area contributed by atoms with E-state index in [9.17, 15) is 9.18 Å². The van der Waals surface area contributed by atoms with Crippen molar-refractivity contribution in [1.82, 2.24) is 5.32 Å². The molecule has 1 atom stereocenters. The van der Waals surface area contributed by atoms with Gasteiger partial charge in [-0.25, -0.2) is 4.39 Å². The number of anilines is 1. The van der Waals surface area contributed by atoms with Crippen LogP contribution < -0.4 is 10.6 Å². The monoisotopic (exact) mass is 264 g/mol. The Kier molecular flexibility index (Phi) is 4.77. The molecular formula is C15H21FN2O. The maximum Gasteiger partial charge on any atom is 0.242 e. The third kappa shape index (κ3) is 4.23. The minimum Gasteiger partial charge on any atom is -0.374 e. The van der Waals surface area contributed by atoms with Crippen LogP contribution in [-0.4, -0.2) is 18.0 Å². The molecule has 1 aliphatic rings. The molecule has 0 bridgehead atoms. The van der Waals surface area contributed by atoms with E-state index in [0.717, 1.165) is 12.8 Å². The number of halogens is 1. The molecule has 4 heteroatoms. The molecule has 0 aromatic heterocycles. The summed E-state index contributed by atoms with van der Waals surface area (Å²) >= 11 is 0. The molecule has 0 saturated heterocycles. The Labute approximate surface area is 113 Å². The van der Waals surface area contributed by atoms with Gasteiger partial charge in [0, 0.05) is 11.7 Å². The van der Waals surface area contributed by atoms with Gasteiger partial charge >= 0.3 is 0 Å². The molecule has 0 spiro atoms. The van der Waals surface area contributed by atoms with E-state index >= 15 is 0 Å². The lowest BCUT2D eigenvalue weighted by atomic mass is 9.95. The fraction of sp³-hybridized carbons (Fsp3) is 0.533. The van der Waals surface area contributed by atoms with E-state index in [1.54, 1.807) is 19.1 Å². The second-order valence-corrected chi connectivity index (χ2v) is 5.22. The summed E-state index contributed by atoms with van der Waals surface area (Å²) in [5, 5.41) is 6.08. The minimum absolute atomic E-state index is 0.0174. The fourth-order valence-electron chi connectivity index (χ4n) is 2.47. The Balaban J connectivity index is 1.84. The average Bonchev–Trinajstić information content (AvgIpc) is 2.40. The number of carbonyl (C=O) groups excluding carboxylic acids is 1. The van der Waals surface area contributed by atoms with E-state index in [4.69, 9.17) is 0 Å². The number of rotatable bonds is 4. The Morgan fingerprint density at radius 3 is 2.74 bits per heavy atom. The maximum atomic E-state index is 13.1. The molecule has 0 heterocycles. The average molecular weight is 264 g/mol. The first kappa shape index (κ1) is 13.8. The summed E-state index contributed by atoms with van der Waals surface area (Å²) in [6.45, 7) is 1.79. The van der Waals surface area contributed by atoms with Crippen molar-refractivity contribution in [1.29, 1.82) is 0 Å². The molecule has 1 aromatic rings. The Morgan fingerprint density at radius 2 is 2.05 bits per heavy atom. The van der Waals surface area contributed by atoms with E-state index < -0.39 is 0 Å². The topological polar surface area (TPSA) is 41.1 Å². The van der Waals surface area contributed by atoms with Crippen molar-refractivity contribution in [2.75, 3.05) is 5.32 Å². The molecule has 1 unspecified atom stereocenters. The second kappa shape index (κ2) is 6.55. The van der Waals surface area contributed by atoms with Crippen molar-refractivity contribution >= 4 is 11.6 Å². The van der Waals surface area contributed by atoms with Gasteiger partial charge in [-0.15, -0.1) is 0 Å². The number of amides is 1. The molecule has 2 N–H and O–H groups in total. The molecule has 1 fully saturated rings. The van der Waals surface area contributed by atoms with Crippen molar-refractivity contribution in [3.63, 3.8) is 0 Å². The summed E-state index contributed by atoms with van der Waals surface area (Å²) in [6, 6.07) is 6.11. The van der Waals surface area contributed by atoms with E-state index in [1.807, 2.05) is 0 Å². The Hall–Kier alpha value is -1.58. The highest BCUT2D eigenvalue weighted by molar-refractivity contribution is 5.84. The summed E-state index contributed by atoms with van der Waals surface area (Å²) in [6.07, 6.45) is 5.79. The van der Waals surface area contributed by atoms with Gasteiger partial charge in [0.25, 0.3) is 0 Å². The number of hydrogen-bond donors (Lipinski definition) is 2. The van der Waals surface area contributed by atoms with Crippen molar-refractivity contribution in [2.24, 2.45) is 0 Å². The third-order valence-electron chi connectivity index (χ3n) is 3.55. The zero-order chi connectivity index (χ0) is 13.7. The van der Waals surface area contributed by atoms with Crippen LogP contribution in [0.3, 0.4) is 0 Å². The lowest BCUT2D eigenvalue weighted by Gasteiger charge is -2.25. The number of hydrogen-bond acceptors (Lipinski definition) is 2. The second-order valence-electron chi connectivity index (χ2n) is 5.22. The minimum atomic E-state index is -0.358. The molecule has 2 rings (SSSR count). The molecular weight excluding hydrogens is 243 g/mol. The Bertz CT molecular complexity index is 430. The van der Waals surface area contributed by atoms with Crippen molar-refractivity contribution in [3.8, 4) is 0 Å². The van der Waals surface area contributed by atoms with Gasteiger partial charge in [0.05, 0.1) is 0 Å². The van der Waals surface area contributed by atoms with Crippen LogP contribution >= 0.6 is 0 Å². The van der Waals surface area contributed by atoms with Gasteiger partial charge in [0.15, 0.2) is 0 Å². The molecule has 1 aliphatic carbocycles. The van der Waals surface area contributed by atoms with Gasteiger partial charge in [-0.3, -0.25) is 4.79 Å². The highest BCUT2D eigenvalue weighted by Gasteiger charge is 2.19. The lowest BCUT2D eigenvalue weighted by molar-refractivity contribution is -0.122. The quantitative estimate of drug-likeness (QED) is 0.877. The van der Waals surface area contributed by atoms with E-state index in [-0.39, 0.29) is 17.8 Å².